The smallest absolute Gasteiger partial charge is 0.336 e. The fraction of sp³-hybridized carbons (Fsp3) is 0.227. The van der Waals surface area contributed by atoms with E-state index in [1.807, 2.05) is 6.92 Å². The van der Waals surface area contributed by atoms with E-state index in [-0.39, 0.29) is 11.3 Å². The molecule has 0 aromatic heterocycles. The molecule has 1 N–H and O–H groups in total. The number of halogens is 1. The van der Waals surface area contributed by atoms with E-state index in [2.05, 4.69) is 21.2 Å². The van der Waals surface area contributed by atoms with Gasteiger partial charge in [-0.05, 0) is 65.7 Å². The first-order valence-electron chi connectivity index (χ1n) is 9.54. The highest BCUT2D eigenvalue weighted by molar-refractivity contribution is 9.10. The number of imide groups is 2. The van der Waals surface area contributed by atoms with Gasteiger partial charge in [0, 0.05) is 0 Å². The van der Waals surface area contributed by atoms with Gasteiger partial charge in [0.15, 0.2) is 11.5 Å². The molecule has 0 saturated carbocycles. The molecule has 9 heteroatoms. The SMILES string of the molecule is CCOc1ccccc1N1C(=O)NC(=O)/C(=C\c2cc(Br)c(OC)c(OCC)c2)C1=O. The third-order valence-electron chi connectivity index (χ3n) is 4.35. The molecule has 0 bridgehead atoms. The largest absolute Gasteiger partial charge is 0.492 e. The molecule has 1 aliphatic heterocycles. The summed E-state index contributed by atoms with van der Waals surface area (Å²) in [6.07, 6.45) is 1.40. The summed E-state index contributed by atoms with van der Waals surface area (Å²) in [7, 11) is 1.51. The lowest BCUT2D eigenvalue weighted by molar-refractivity contribution is -0.122. The Morgan fingerprint density at radius 1 is 1.03 bits per heavy atom. The van der Waals surface area contributed by atoms with E-state index in [0.29, 0.717) is 40.5 Å². The number of hydrogen-bond donors (Lipinski definition) is 1. The van der Waals surface area contributed by atoms with E-state index >= 15 is 0 Å². The van der Waals surface area contributed by atoms with Crippen LogP contribution in [0, 0.1) is 0 Å². The van der Waals surface area contributed by atoms with Crippen molar-refractivity contribution in [1.29, 1.82) is 0 Å². The Balaban J connectivity index is 2.06. The average Bonchev–Trinajstić information content (AvgIpc) is 2.72. The zero-order chi connectivity index (χ0) is 22.5. The molecule has 1 heterocycles. The normalized spacial score (nSPS) is 15.2. The fourth-order valence-corrected chi connectivity index (χ4v) is 3.72. The molecule has 0 spiro atoms. The Kier molecular flexibility index (Phi) is 6.96. The zero-order valence-electron chi connectivity index (χ0n) is 17.2. The summed E-state index contributed by atoms with van der Waals surface area (Å²) in [6, 6.07) is 9.12. The van der Waals surface area contributed by atoms with Crippen LogP contribution in [0.2, 0.25) is 0 Å². The van der Waals surface area contributed by atoms with Crippen molar-refractivity contribution in [3.8, 4) is 17.2 Å². The number of hydrogen-bond acceptors (Lipinski definition) is 6. The lowest BCUT2D eigenvalue weighted by atomic mass is 10.1. The van der Waals surface area contributed by atoms with Crippen molar-refractivity contribution in [1.82, 2.24) is 5.32 Å². The summed E-state index contributed by atoms with van der Waals surface area (Å²) < 4.78 is 17.1. The van der Waals surface area contributed by atoms with Crippen LogP contribution in [0.5, 0.6) is 17.2 Å². The van der Waals surface area contributed by atoms with Gasteiger partial charge in [-0.2, -0.15) is 0 Å². The van der Waals surface area contributed by atoms with Gasteiger partial charge in [0.05, 0.1) is 30.5 Å². The van der Waals surface area contributed by atoms with Crippen LogP contribution in [-0.4, -0.2) is 38.2 Å². The van der Waals surface area contributed by atoms with Crippen LogP contribution in [0.3, 0.4) is 0 Å². The summed E-state index contributed by atoms with van der Waals surface area (Å²) in [4.78, 5) is 39.0. The van der Waals surface area contributed by atoms with Gasteiger partial charge in [-0.1, -0.05) is 12.1 Å². The molecule has 0 radical (unpaired) electrons. The number of anilines is 1. The number of nitrogens with zero attached hydrogens (tertiary/aromatic N) is 1. The number of amides is 4. The number of rotatable bonds is 7. The van der Waals surface area contributed by atoms with E-state index in [1.165, 1.54) is 13.2 Å². The lowest BCUT2D eigenvalue weighted by Crippen LogP contribution is -2.54. The van der Waals surface area contributed by atoms with Gasteiger partial charge >= 0.3 is 6.03 Å². The van der Waals surface area contributed by atoms with Gasteiger partial charge < -0.3 is 14.2 Å². The minimum absolute atomic E-state index is 0.203. The van der Waals surface area contributed by atoms with E-state index in [1.54, 1.807) is 43.3 Å². The van der Waals surface area contributed by atoms with Crippen molar-refractivity contribution < 1.29 is 28.6 Å². The zero-order valence-corrected chi connectivity index (χ0v) is 18.8. The fourth-order valence-electron chi connectivity index (χ4n) is 3.09. The van der Waals surface area contributed by atoms with Crippen LogP contribution in [-0.2, 0) is 9.59 Å². The van der Waals surface area contributed by atoms with Gasteiger partial charge in [0.1, 0.15) is 11.3 Å². The van der Waals surface area contributed by atoms with Crippen LogP contribution < -0.4 is 24.4 Å². The van der Waals surface area contributed by atoms with Crippen LogP contribution in [0.15, 0.2) is 46.4 Å². The highest BCUT2D eigenvalue weighted by Crippen LogP contribution is 2.37. The number of para-hydroxylation sites is 2. The van der Waals surface area contributed by atoms with Crippen LogP contribution in [0.1, 0.15) is 19.4 Å². The summed E-state index contributed by atoms with van der Waals surface area (Å²) in [5.41, 5.74) is 0.559. The Bertz CT molecular complexity index is 1070. The Hall–Kier alpha value is -3.33. The molecule has 162 valence electrons. The van der Waals surface area contributed by atoms with E-state index < -0.39 is 17.8 Å². The number of benzene rings is 2. The first-order valence-corrected chi connectivity index (χ1v) is 10.3. The Morgan fingerprint density at radius 2 is 1.71 bits per heavy atom. The summed E-state index contributed by atoms with van der Waals surface area (Å²) in [5.74, 6) is -0.251. The number of nitrogens with one attached hydrogen (secondary N) is 1. The standard InChI is InChI=1S/C22H21BrN2O6/c1-4-30-17-9-7-6-8-16(17)25-21(27)14(20(26)24-22(25)28)10-13-11-15(23)19(29-3)18(12-13)31-5-2/h6-12H,4-5H2,1-3H3,(H,24,26,28)/b14-10+. The number of ether oxygens (including phenoxy) is 3. The van der Waals surface area contributed by atoms with E-state index in [0.717, 1.165) is 4.90 Å². The number of methoxy groups -OCH3 is 1. The maximum absolute atomic E-state index is 13.2. The predicted octanol–water partition coefficient (Wildman–Crippen LogP) is 3.92. The quantitative estimate of drug-likeness (QED) is 0.468. The molecule has 1 fully saturated rings. The van der Waals surface area contributed by atoms with Crippen molar-refractivity contribution in [2.75, 3.05) is 25.2 Å². The van der Waals surface area contributed by atoms with E-state index in [4.69, 9.17) is 14.2 Å². The molecular formula is C22H21BrN2O6. The van der Waals surface area contributed by atoms with Gasteiger partial charge in [-0.15, -0.1) is 0 Å². The predicted molar refractivity (Wildman–Crippen MR) is 118 cm³/mol. The highest BCUT2D eigenvalue weighted by atomic mass is 79.9. The van der Waals surface area contributed by atoms with Crippen LogP contribution in [0.25, 0.3) is 6.08 Å². The number of barbiturate groups is 1. The second kappa shape index (κ2) is 9.65. The second-order valence-corrected chi connectivity index (χ2v) is 7.18. The third-order valence-corrected chi connectivity index (χ3v) is 4.94. The van der Waals surface area contributed by atoms with Crippen LogP contribution in [0.4, 0.5) is 10.5 Å². The molecule has 4 amide bonds. The monoisotopic (exact) mass is 488 g/mol. The van der Waals surface area contributed by atoms with E-state index in [9.17, 15) is 14.4 Å². The summed E-state index contributed by atoms with van der Waals surface area (Å²) in [5, 5.41) is 2.21. The van der Waals surface area contributed by atoms with Crippen molar-refractivity contribution in [2.45, 2.75) is 13.8 Å². The van der Waals surface area contributed by atoms with Crippen LogP contribution >= 0.6 is 15.9 Å². The number of carbonyl (C=O) groups is 3. The first kappa shape index (κ1) is 22.4. The first-order chi connectivity index (χ1) is 14.9. The van der Waals surface area contributed by atoms with Crippen molar-refractivity contribution in [3.05, 3.63) is 52.0 Å². The van der Waals surface area contributed by atoms with Gasteiger partial charge in [0.25, 0.3) is 11.8 Å². The topological polar surface area (TPSA) is 94.2 Å². The molecule has 0 unspecified atom stereocenters. The molecule has 8 nitrogen and oxygen atoms in total. The third kappa shape index (κ3) is 4.56. The molecule has 3 rings (SSSR count). The van der Waals surface area contributed by atoms with Crippen molar-refractivity contribution >= 4 is 45.5 Å². The molecule has 0 atom stereocenters. The maximum atomic E-state index is 13.2. The molecule has 2 aromatic carbocycles. The van der Waals surface area contributed by atoms with Gasteiger partial charge in [-0.25, -0.2) is 9.69 Å². The second-order valence-electron chi connectivity index (χ2n) is 6.33. The molecule has 31 heavy (non-hydrogen) atoms. The summed E-state index contributed by atoms with van der Waals surface area (Å²) >= 11 is 3.41. The van der Waals surface area contributed by atoms with Crippen molar-refractivity contribution in [3.63, 3.8) is 0 Å². The Labute approximate surface area is 187 Å². The summed E-state index contributed by atoms with van der Waals surface area (Å²) in [6.45, 7) is 4.37. The Morgan fingerprint density at radius 3 is 2.39 bits per heavy atom. The minimum Gasteiger partial charge on any atom is -0.492 e. The molecular weight excluding hydrogens is 468 g/mol. The molecule has 1 aliphatic rings. The lowest BCUT2D eigenvalue weighted by Gasteiger charge is -2.27. The number of carbonyl (C=O) groups excluding carboxylic acids is 3. The number of urea groups is 1. The molecule has 1 saturated heterocycles. The average molecular weight is 489 g/mol. The highest BCUT2D eigenvalue weighted by Gasteiger charge is 2.38. The maximum Gasteiger partial charge on any atom is 0.336 e. The van der Waals surface area contributed by atoms with Crippen molar-refractivity contribution in [2.24, 2.45) is 0 Å². The van der Waals surface area contributed by atoms with Gasteiger partial charge in [-0.3, -0.25) is 14.9 Å². The molecule has 0 aliphatic carbocycles. The minimum atomic E-state index is -0.842. The van der Waals surface area contributed by atoms with Gasteiger partial charge in [0.2, 0.25) is 0 Å². The molecule has 2 aromatic rings.